The van der Waals surface area contributed by atoms with Gasteiger partial charge in [-0.3, -0.25) is 0 Å². The normalized spacial score (nSPS) is 14.6. The summed E-state index contributed by atoms with van der Waals surface area (Å²) in [5.74, 6) is 0.891. The van der Waals surface area contributed by atoms with Crippen molar-refractivity contribution in [3.05, 3.63) is 48.5 Å². The van der Waals surface area contributed by atoms with Crippen LogP contribution in [0, 0.1) is 10.8 Å². The summed E-state index contributed by atoms with van der Waals surface area (Å²) < 4.78 is 4.53. The maximum absolute atomic E-state index is 11.4. The molecule has 168 valence electrons. The van der Waals surface area contributed by atoms with Crippen LogP contribution in [0.1, 0.15) is 94.1 Å². The molecule has 2 aromatic rings. The Balaban J connectivity index is 2.57. The number of para-hydroxylation sites is 1. The van der Waals surface area contributed by atoms with E-state index >= 15 is 0 Å². The Labute approximate surface area is 184 Å². The smallest absolute Gasteiger partial charge is 0.308 e. The highest BCUT2D eigenvalue weighted by Crippen LogP contribution is 2.35. The first-order valence-electron chi connectivity index (χ1n) is 11.2. The van der Waals surface area contributed by atoms with Gasteiger partial charge in [0.05, 0.1) is 0 Å². The van der Waals surface area contributed by atoms with E-state index in [0.717, 1.165) is 24.4 Å². The van der Waals surface area contributed by atoms with Crippen LogP contribution < -0.4 is 9.88 Å². The Bertz CT molecular complexity index is 775. The number of aliphatic hydroxyl groups excluding tert-OH is 1. The quantitative estimate of drug-likeness (QED) is 0.417. The lowest BCUT2D eigenvalue weighted by Crippen LogP contribution is -2.57. The van der Waals surface area contributed by atoms with Crippen molar-refractivity contribution >= 4 is 5.69 Å². The number of aromatic nitrogens is 2. The van der Waals surface area contributed by atoms with Gasteiger partial charge in [0, 0.05) is 5.69 Å². The predicted molar refractivity (Wildman–Crippen MR) is 126 cm³/mol. The van der Waals surface area contributed by atoms with E-state index in [1.807, 2.05) is 30.3 Å². The number of nitrogens with one attached hydrogen (secondary N) is 1. The molecule has 0 saturated heterocycles. The number of nitrogens with zero attached hydrogens (tertiary/aromatic N) is 2. The predicted octanol–water partition coefficient (Wildman–Crippen LogP) is 6.22. The molecule has 2 rings (SSSR count). The van der Waals surface area contributed by atoms with E-state index < -0.39 is 6.23 Å². The van der Waals surface area contributed by atoms with Gasteiger partial charge in [0.1, 0.15) is 23.5 Å². The minimum atomic E-state index is -0.819. The molecular weight excluding hydrogens is 370 g/mol. The monoisotopic (exact) mass is 414 g/mol. The second-order valence-electron chi connectivity index (χ2n) is 12.4. The fourth-order valence-electron chi connectivity index (χ4n) is 5.21. The molecule has 0 saturated carbocycles. The zero-order chi connectivity index (χ0) is 23.0. The largest absolute Gasteiger partial charge is 0.363 e. The molecular formula is C26H44N3O+. The number of anilines is 1. The van der Waals surface area contributed by atoms with E-state index in [4.69, 9.17) is 0 Å². The molecule has 1 aromatic carbocycles. The van der Waals surface area contributed by atoms with E-state index in [0.29, 0.717) is 0 Å². The van der Waals surface area contributed by atoms with Gasteiger partial charge < -0.3 is 10.4 Å². The van der Waals surface area contributed by atoms with E-state index in [9.17, 15) is 5.11 Å². The molecule has 2 N–H and O–H groups in total. The third-order valence-corrected chi connectivity index (χ3v) is 5.41. The average Bonchev–Trinajstić information content (AvgIpc) is 2.98. The molecule has 0 aliphatic heterocycles. The van der Waals surface area contributed by atoms with Crippen molar-refractivity contribution in [2.24, 2.45) is 10.8 Å². The summed E-state index contributed by atoms with van der Waals surface area (Å²) in [4.78, 5) is 0. The second-order valence-corrected chi connectivity index (χ2v) is 12.4. The van der Waals surface area contributed by atoms with Crippen molar-refractivity contribution < 1.29 is 9.67 Å². The summed E-state index contributed by atoms with van der Waals surface area (Å²) in [6.07, 6.45) is 5.46. The lowest BCUT2D eigenvalue weighted by atomic mass is 9.81. The summed E-state index contributed by atoms with van der Waals surface area (Å²) >= 11 is 0. The van der Waals surface area contributed by atoms with Crippen molar-refractivity contribution in [3.8, 4) is 0 Å². The van der Waals surface area contributed by atoms with E-state index in [1.165, 1.54) is 0 Å². The first-order chi connectivity index (χ1) is 13.5. The van der Waals surface area contributed by atoms with Crippen LogP contribution in [0.15, 0.2) is 42.7 Å². The molecule has 4 nitrogen and oxygen atoms in total. The third-order valence-electron chi connectivity index (χ3n) is 5.41. The van der Waals surface area contributed by atoms with E-state index in [2.05, 4.69) is 96.1 Å². The van der Waals surface area contributed by atoms with Crippen molar-refractivity contribution in [1.29, 1.82) is 0 Å². The molecule has 1 unspecified atom stereocenters. The second kappa shape index (κ2) is 8.37. The number of rotatable bonds is 7. The summed E-state index contributed by atoms with van der Waals surface area (Å²) in [6, 6.07) is 9.92. The maximum atomic E-state index is 11.4. The van der Waals surface area contributed by atoms with Crippen molar-refractivity contribution in [1.82, 2.24) is 4.57 Å². The zero-order valence-electron chi connectivity index (χ0n) is 20.9. The molecule has 0 bridgehead atoms. The fourth-order valence-corrected chi connectivity index (χ4v) is 5.21. The van der Waals surface area contributed by atoms with Gasteiger partial charge in [0.15, 0.2) is 0 Å². The Kier molecular flexibility index (Phi) is 6.83. The van der Waals surface area contributed by atoms with Gasteiger partial charge in [-0.25, -0.2) is 9.13 Å². The highest BCUT2D eigenvalue weighted by molar-refractivity contribution is 5.43. The minimum Gasteiger partial charge on any atom is -0.363 e. The number of hydrogen-bond donors (Lipinski definition) is 2. The first kappa shape index (κ1) is 24.5. The van der Waals surface area contributed by atoms with Crippen LogP contribution in [0.4, 0.5) is 5.69 Å². The average molecular weight is 415 g/mol. The van der Waals surface area contributed by atoms with Crippen molar-refractivity contribution in [3.63, 3.8) is 0 Å². The summed E-state index contributed by atoms with van der Waals surface area (Å²) in [5, 5.41) is 14.7. The Morgan fingerprint density at radius 3 is 1.90 bits per heavy atom. The number of imidazole rings is 1. The number of benzene rings is 1. The minimum absolute atomic E-state index is 0.143. The maximum Gasteiger partial charge on any atom is 0.308 e. The Hall–Kier alpha value is -1.81. The molecule has 0 radical (unpaired) electrons. The highest BCUT2D eigenvalue weighted by Gasteiger charge is 2.42. The number of hydrogen-bond acceptors (Lipinski definition) is 2. The molecule has 0 aliphatic carbocycles. The first-order valence-corrected chi connectivity index (χ1v) is 11.2. The van der Waals surface area contributed by atoms with Gasteiger partial charge >= 0.3 is 5.82 Å². The zero-order valence-corrected chi connectivity index (χ0v) is 20.9. The molecule has 0 spiro atoms. The number of aliphatic hydroxyl groups is 1. The van der Waals surface area contributed by atoms with Crippen LogP contribution in [0.3, 0.4) is 0 Å². The summed E-state index contributed by atoms with van der Waals surface area (Å²) in [6.45, 7) is 22.7. The SMILES string of the molecule is CC(C)(C)CC(C)(C)n1cc[n+](C(C)(C)CC(C)(C)C)c1C(O)Nc1ccccc1. The van der Waals surface area contributed by atoms with Gasteiger partial charge in [0.25, 0.3) is 0 Å². The van der Waals surface area contributed by atoms with Crippen molar-refractivity contribution in [2.45, 2.75) is 99.4 Å². The molecule has 1 aromatic heterocycles. The molecule has 0 aliphatic rings. The van der Waals surface area contributed by atoms with Crippen molar-refractivity contribution in [2.75, 3.05) is 5.32 Å². The van der Waals surface area contributed by atoms with Crippen LogP contribution in [0.25, 0.3) is 0 Å². The molecule has 1 heterocycles. The lowest BCUT2D eigenvalue weighted by molar-refractivity contribution is -0.768. The van der Waals surface area contributed by atoms with Crippen LogP contribution in [-0.2, 0) is 11.1 Å². The standard InChI is InChI=1S/C26H44N3O/c1-23(2,3)18-25(7,8)28-16-17-29(26(9,10)19-24(4,5)6)22(28)21(30)27-20-14-12-11-13-15-20/h11-17,21,27,30H,18-19H2,1-10H3/q+1. The highest BCUT2D eigenvalue weighted by atomic mass is 16.3. The lowest BCUT2D eigenvalue weighted by Gasteiger charge is -2.34. The van der Waals surface area contributed by atoms with Gasteiger partial charge in [-0.1, -0.05) is 59.7 Å². The molecule has 0 fully saturated rings. The van der Waals surface area contributed by atoms with Gasteiger partial charge in [0.2, 0.25) is 6.23 Å². The molecule has 1 atom stereocenters. The van der Waals surface area contributed by atoms with Gasteiger partial charge in [-0.15, -0.1) is 0 Å². The molecule has 30 heavy (non-hydrogen) atoms. The summed E-state index contributed by atoms with van der Waals surface area (Å²) in [7, 11) is 0. The summed E-state index contributed by atoms with van der Waals surface area (Å²) in [5.41, 5.74) is 0.974. The molecule has 0 amide bonds. The topological polar surface area (TPSA) is 41.1 Å². The Morgan fingerprint density at radius 2 is 1.40 bits per heavy atom. The molecule has 4 heteroatoms. The fraction of sp³-hybridized carbons (Fsp3) is 0.654. The van der Waals surface area contributed by atoms with Crippen LogP contribution in [0.5, 0.6) is 0 Å². The third kappa shape index (κ3) is 6.34. The van der Waals surface area contributed by atoms with Crippen LogP contribution in [0.2, 0.25) is 0 Å². The van der Waals surface area contributed by atoms with E-state index in [1.54, 1.807) is 0 Å². The van der Waals surface area contributed by atoms with Gasteiger partial charge in [-0.05, 0) is 63.5 Å². The Morgan fingerprint density at radius 1 is 0.867 bits per heavy atom. The van der Waals surface area contributed by atoms with Gasteiger partial charge in [-0.2, -0.15) is 0 Å². The van der Waals surface area contributed by atoms with E-state index in [-0.39, 0.29) is 21.9 Å². The van der Waals surface area contributed by atoms with Crippen LogP contribution >= 0.6 is 0 Å². The van der Waals surface area contributed by atoms with Crippen LogP contribution in [-0.4, -0.2) is 9.67 Å².